The molecule has 0 aliphatic heterocycles. The molecule has 1 aromatic rings. The minimum atomic E-state index is 0. The van der Waals surface area contributed by atoms with Crippen molar-refractivity contribution >= 4 is 29.7 Å². The number of nitrogen functional groups attached to an aromatic ring is 1. The van der Waals surface area contributed by atoms with Gasteiger partial charge in [-0.3, -0.25) is 4.79 Å². The average molecular weight is 315 g/mol. The number of carbonyl (C=O) groups excluding carboxylic acids is 1. The van der Waals surface area contributed by atoms with Gasteiger partial charge in [-0.1, -0.05) is 33.1 Å². The fraction of sp³-hybridized carbons (Fsp3) is 0.562. The summed E-state index contributed by atoms with van der Waals surface area (Å²) in [5, 5.41) is 2.88. The lowest BCUT2D eigenvalue weighted by Crippen LogP contribution is -2.17. The van der Waals surface area contributed by atoms with Crippen LogP contribution in [0.1, 0.15) is 46.0 Å². The molecule has 5 heteroatoms. The molecular weight excluding hydrogens is 288 g/mol. The number of carbonyl (C=O) groups is 1. The molecule has 0 heterocycles. The van der Waals surface area contributed by atoms with Crippen LogP contribution in [0.15, 0.2) is 18.2 Å². The first-order chi connectivity index (χ1) is 9.60. The van der Waals surface area contributed by atoms with Crippen LogP contribution in [0.25, 0.3) is 0 Å². The zero-order valence-corrected chi connectivity index (χ0v) is 14.0. The first-order valence-electron chi connectivity index (χ1n) is 7.34. The van der Waals surface area contributed by atoms with E-state index < -0.39 is 0 Å². The SMILES string of the molecule is CCCCC(CC)CC(=O)Nc1cc(OC)ccc1N.Cl. The molecule has 3 N–H and O–H groups in total. The van der Waals surface area contributed by atoms with Crippen molar-refractivity contribution in [2.75, 3.05) is 18.2 Å². The minimum absolute atomic E-state index is 0. The Morgan fingerprint density at radius 2 is 2.10 bits per heavy atom. The molecule has 0 bridgehead atoms. The first kappa shape index (κ1) is 19.6. The van der Waals surface area contributed by atoms with Crippen molar-refractivity contribution in [1.29, 1.82) is 0 Å². The van der Waals surface area contributed by atoms with Crippen LogP contribution in [0, 0.1) is 5.92 Å². The molecule has 1 rings (SSSR count). The topological polar surface area (TPSA) is 64.3 Å². The highest BCUT2D eigenvalue weighted by Gasteiger charge is 2.13. The molecule has 0 saturated carbocycles. The van der Waals surface area contributed by atoms with Gasteiger partial charge >= 0.3 is 0 Å². The zero-order chi connectivity index (χ0) is 15.0. The number of anilines is 2. The number of methoxy groups -OCH3 is 1. The number of nitrogens with one attached hydrogen (secondary N) is 1. The number of benzene rings is 1. The van der Waals surface area contributed by atoms with E-state index in [2.05, 4.69) is 19.2 Å². The Hall–Kier alpha value is -1.42. The predicted molar refractivity (Wildman–Crippen MR) is 91.2 cm³/mol. The van der Waals surface area contributed by atoms with Gasteiger partial charge in [0.05, 0.1) is 18.5 Å². The standard InChI is InChI=1S/C16H26N2O2.ClH/c1-4-6-7-12(5-2)10-16(19)18-15-11-13(20-3)8-9-14(15)17;/h8-9,11-12H,4-7,10,17H2,1-3H3,(H,18,19);1H. The molecule has 0 aliphatic rings. The third kappa shape index (κ3) is 6.71. The Balaban J connectivity index is 0.00000400. The maximum atomic E-state index is 12.1. The Morgan fingerprint density at radius 1 is 1.38 bits per heavy atom. The highest BCUT2D eigenvalue weighted by molar-refractivity contribution is 5.94. The summed E-state index contributed by atoms with van der Waals surface area (Å²) < 4.78 is 5.14. The summed E-state index contributed by atoms with van der Waals surface area (Å²) in [5.74, 6) is 1.15. The summed E-state index contributed by atoms with van der Waals surface area (Å²) in [5.41, 5.74) is 7.05. The Labute approximate surface area is 133 Å². The van der Waals surface area contributed by atoms with Crippen LogP contribution >= 0.6 is 12.4 Å². The summed E-state index contributed by atoms with van der Waals surface area (Å²) in [7, 11) is 1.59. The van der Waals surface area contributed by atoms with E-state index in [1.165, 1.54) is 12.8 Å². The van der Waals surface area contributed by atoms with E-state index in [0.717, 1.165) is 12.8 Å². The van der Waals surface area contributed by atoms with Crippen molar-refractivity contribution in [3.8, 4) is 5.75 Å². The van der Waals surface area contributed by atoms with Gasteiger partial charge in [0, 0.05) is 12.5 Å². The average Bonchev–Trinajstić information content (AvgIpc) is 2.45. The quantitative estimate of drug-likeness (QED) is 0.705. The van der Waals surface area contributed by atoms with Crippen molar-refractivity contribution in [2.45, 2.75) is 46.0 Å². The summed E-state index contributed by atoms with van der Waals surface area (Å²) in [6.07, 6.45) is 5.02. The third-order valence-electron chi connectivity index (χ3n) is 3.55. The number of hydrogen-bond acceptors (Lipinski definition) is 3. The molecule has 0 saturated heterocycles. The van der Waals surface area contributed by atoms with E-state index in [4.69, 9.17) is 10.5 Å². The second kappa shape index (κ2) is 10.3. The van der Waals surface area contributed by atoms with Gasteiger partial charge in [0.2, 0.25) is 5.91 Å². The van der Waals surface area contributed by atoms with Crippen molar-refractivity contribution in [3.63, 3.8) is 0 Å². The molecule has 1 amide bonds. The van der Waals surface area contributed by atoms with E-state index >= 15 is 0 Å². The molecule has 21 heavy (non-hydrogen) atoms. The number of nitrogens with two attached hydrogens (primary N) is 1. The maximum absolute atomic E-state index is 12.1. The minimum Gasteiger partial charge on any atom is -0.497 e. The molecule has 1 unspecified atom stereocenters. The van der Waals surface area contributed by atoms with Crippen LogP contribution in [0.4, 0.5) is 11.4 Å². The van der Waals surface area contributed by atoms with Crippen LogP contribution in [-0.4, -0.2) is 13.0 Å². The van der Waals surface area contributed by atoms with Crippen molar-refractivity contribution < 1.29 is 9.53 Å². The molecular formula is C16H27ClN2O2. The van der Waals surface area contributed by atoms with Crippen molar-refractivity contribution in [3.05, 3.63) is 18.2 Å². The van der Waals surface area contributed by atoms with Gasteiger partial charge in [-0.05, 0) is 24.5 Å². The van der Waals surface area contributed by atoms with Gasteiger partial charge in [-0.2, -0.15) is 0 Å². The van der Waals surface area contributed by atoms with Crippen LogP contribution < -0.4 is 15.8 Å². The number of ether oxygens (including phenoxy) is 1. The largest absolute Gasteiger partial charge is 0.497 e. The van der Waals surface area contributed by atoms with E-state index in [1.54, 1.807) is 25.3 Å². The number of halogens is 1. The summed E-state index contributed by atoms with van der Waals surface area (Å²) >= 11 is 0. The smallest absolute Gasteiger partial charge is 0.224 e. The fourth-order valence-electron chi connectivity index (χ4n) is 2.18. The molecule has 120 valence electrons. The van der Waals surface area contributed by atoms with Crippen LogP contribution in [0.3, 0.4) is 0 Å². The maximum Gasteiger partial charge on any atom is 0.224 e. The van der Waals surface area contributed by atoms with E-state index in [-0.39, 0.29) is 18.3 Å². The zero-order valence-electron chi connectivity index (χ0n) is 13.1. The van der Waals surface area contributed by atoms with Gasteiger partial charge in [0.15, 0.2) is 0 Å². The van der Waals surface area contributed by atoms with Gasteiger partial charge in [-0.15, -0.1) is 12.4 Å². The Kier molecular flexibility index (Phi) is 9.63. The van der Waals surface area contributed by atoms with Crippen LogP contribution in [0.5, 0.6) is 5.75 Å². The van der Waals surface area contributed by atoms with Crippen molar-refractivity contribution in [2.24, 2.45) is 5.92 Å². The third-order valence-corrected chi connectivity index (χ3v) is 3.55. The molecule has 0 fully saturated rings. The van der Waals surface area contributed by atoms with Crippen molar-refractivity contribution in [1.82, 2.24) is 0 Å². The number of rotatable bonds is 8. The second-order valence-electron chi connectivity index (χ2n) is 5.12. The lowest BCUT2D eigenvalue weighted by molar-refractivity contribution is -0.117. The highest BCUT2D eigenvalue weighted by Crippen LogP contribution is 2.25. The van der Waals surface area contributed by atoms with E-state index in [9.17, 15) is 4.79 Å². The molecule has 0 aliphatic carbocycles. The number of unbranched alkanes of at least 4 members (excludes halogenated alkanes) is 1. The monoisotopic (exact) mass is 314 g/mol. The molecule has 0 spiro atoms. The lowest BCUT2D eigenvalue weighted by Gasteiger charge is -2.15. The fourth-order valence-corrected chi connectivity index (χ4v) is 2.18. The van der Waals surface area contributed by atoms with Gasteiger partial charge in [-0.25, -0.2) is 0 Å². The van der Waals surface area contributed by atoms with Gasteiger partial charge < -0.3 is 15.8 Å². The van der Waals surface area contributed by atoms with Crippen LogP contribution in [-0.2, 0) is 4.79 Å². The van der Waals surface area contributed by atoms with Gasteiger partial charge in [0.25, 0.3) is 0 Å². The lowest BCUT2D eigenvalue weighted by atomic mass is 9.95. The molecule has 1 atom stereocenters. The first-order valence-corrected chi connectivity index (χ1v) is 7.34. The summed E-state index contributed by atoms with van der Waals surface area (Å²) in [4.78, 5) is 12.1. The second-order valence-corrected chi connectivity index (χ2v) is 5.12. The summed E-state index contributed by atoms with van der Waals surface area (Å²) in [6.45, 7) is 4.30. The van der Waals surface area contributed by atoms with Gasteiger partial charge in [0.1, 0.15) is 5.75 Å². The Bertz CT molecular complexity index is 438. The highest BCUT2D eigenvalue weighted by atomic mass is 35.5. The van der Waals surface area contributed by atoms with E-state index in [0.29, 0.717) is 29.5 Å². The van der Waals surface area contributed by atoms with E-state index in [1.807, 2.05) is 0 Å². The Morgan fingerprint density at radius 3 is 2.67 bits per heavy atom. The summed E-state index contributed by atoms with van der Waals surface area (Å²) in [6, 6.07) is 5.27. The molecule has 0 radical (unpaired) electrons. The molecule has 0 aromatic heterocycles. The number of amides is 1. The normalized spacial score (nSPS) is 11.4. The van der Waals surface area contributed by atoms with Crippen LogP contribution in [0.2, 0.25) is 0 Å². The predicted octanol–water partition coefficient (Wildman–Crippen LogP) is 4.24. The molecule has 4 nitrogen and oxygen atoms in total. The number of hydrogen-bond donors (Lipinski definition) is 2. The molecule has 1 aromatic carbocycles.